The highest BCUT2D eigenvalue weighted by Crippen LogP contribution is 2.24. The Morgan fingerprint density at radius 2 is 1.75 bits per heavy atom. The highest BCUT2D eigenvalue weighted by atomic mass is 16.5. The minimum absolute atomic E-state index is 0.0482. The first-order valence-corrected chi connectivity index (χ1v) is 8.59. The third-order valence-corrected chi connectivity index (χ3v) is 5.79. The van der Waals surface area contributed by atoms with Crippen LogP contribution in [-0.4, -0.2) is 50.8 Å². The summed E-state index contributed by atoms with van der Waals surface area (Å²) in [4.78, 5) is 15.3. The molecule has 0 amide bonds. The zero-order valence-electron chi connectivity index (χ0n) is 12.8. The van der Waals surface area contributed by atoms with Crippen LogP contribution in [0.4, 0.5) is 0 Å². The van der Waals surface area contributed by atoms with Gasteiger partial charge in [-0.25, -0.2) is 0 Å². The van der Waals surface area contributed by atoms with E-state index in [2.05, 4.69) is 7.05 Å². The summed E-state index contributed by atoms with van der Waals surface area (Å²) in [7, 11) is 2.31. The van der Waals surface area contributed by atoms with Gasteiger partial charge in [0.15, 0.2) is 0 Å². The van der Waals surface area contributed by atoms with Gasteiger partial charge >= 0.3 is 5.97 Å². The predicted octanol–water partition coefficient (Wildman–Crippen LogP) is -0.803. The van der Waals surface area contributed by atoms with Crippen LogP contribution >= 0.6 is 0 Å². The molecular weight excluding hydrogens is 252 g/mol. The van der Waals surface area contributed by atoms with Crippen LogP contribution < -0.4 is 9.80 Å². The predicted molar refractivity (Wildman–Crippen MR) is 76.8 cm³/mol. The van der Waals surface area contributed by atoms with Crippen molar-refractivity contribution < 1.29 is 19.3 Å². The molecule has 2 N–H and O–H groups in total. The van der Waals surface area contributed by atoms with Crippen LogP contribution in [0.3, 0.4) is 0 Å². The zero-order valence-corrected chi connectivity index (χ0v) is 12.8. The van der Waals surface area contributed by atoms with Crippen molar-refractivity contribution in [1.29, 1.82) is 0 Å². The fourth-order valence-corrected chi connectivity index (χ4v) is 4.45. The molecule has 2 bridgehead atoms. The Labute approximate surface area is 122 Å². The summed E-state index contributed by atoms with van der Waals surface area (Å²) in [5.41, 5.74) is 0. The van der Waals surface area contributed by atoms with Gasteiger partial charge in [-0.1, -0.05) is 0 Å². The average Bonchev–Trinajstić information content (AvgIpc) is 2.68. The molecule has 4 nitrogen and oxygen atoms in total. The first-order chi connectivity index (χ1) is 9.72. The van der Waals surface area contributed by atoms with Gasteiger partial charge in [-0.15, -0.1) is 0 Å². The average molecular weight is 282 g/mol. The highest BCUT2D eigenvalue weighted by Gasteiger charge is 2.43. The highest BCUT2D eigenvalue weighted by molar-refractivity contribution is 5.69. The van der Waals surface area contributed by atoms with Gasteiger partial charge in [-0.3, -0.25) is 4.79 Å². The van der Waals surface area contributed by atoms with Crippen LogP contribution in [0.2, 0.25) is 0 Å². The number of nitrogens with one attached hydrogen (secondary N) is 2. The van der Waals surface area contributed by atoms with E-state index in [1.165, 1.54) is 45.2 Å². The largest absolute Gasteiger partial charge is 0.462 e. The summed E-state index contributed by atoms with van der Waals surface area (Å²) in [6.45, 7) is 3.47. The summed E-state index contributed by atoms with van der Waals surface area (Å²) < 4.78 is 5.75. The Balaban J connectivity index is 1.38. The molecule has 2 unspecified atom stereocenters. The third-order valence-electron chi connectivity index (χ3n) is 5.79. The lowest BCUT2D eigenvalue weighted by atomic mass is 10.0. The molecule has 3 aliphatic rings. The first-order valence-electron chi connectivity index (χ1n) is 8.59. The number of carbonyl (C=O) groups excluding carboxylic acids is 1. The Kier molecular flexibility index (Phi) is 4.61. The molecule has 3 heterocycles. The summed E-state index contributed by atoms with van der Waals surface area (Å²) in [6, 6.07) is 1.47. The van der Waals surface area contributed by atoms with Crippen LogP contribution in [0.1, 0.15) is 51.4 Å². The molecular formula is C16H30N2O2+2. The minimum atomic E-state index is 0.0482. The van der Waals surface area contributed by atoms with E-state index in [9.17, 15) is 4.79 Å². The quantitative estimate of drug-likeness (QED) is 0.662. The molecule has 20 heavy (non-hydrogen) atoms. The van der Waals surface area contributed by atoms with E-state index in [-0.39, 0.29) is 12.1 Å². The number of rotatable bonds is 4. The molecule has 0 aromatic carbocycles. The van der Waals surface area contributed by atoms with Gasteiger partial charge < -0.3 is 14.5 Å². The smallest absolute Gasteiger partial charge is 0.311 e. The minimum Gasteiger partial charge on any atom is -0.462 e. The topological polar surface area (TPSA) is 35.2 Å². The molecule has 3 aliphatic heterocycles. The van der Waals surface area contributed by atoms with Crippen molar-refractivity contribution in [3.63, 3.8) is 0 Å². The first kappa shape index (κ1) is 14.3. The molecule has 3 fully saturated rings. The molecule has 0 radical (unpaired) electrons. The molecule has 3 saturated heterocycles. The second kappa shape index (κ2) is 6.44. The van der Waals surface area contributed by atoms with E-state index in [1.54, 1.807) is 9.80 Å². The molecule has 4 heteroatoms. The number of carbonyl (C=O) groups is 1. The number of ether oxygens (including phenoxy) is 1. The number of fused-ring (bicyclic) bond motifs is 2. The number of piperidine rings is 2. The van der Waals surface area contributed by atoms with E-state index >= 15 is 0 Å². The SMILES string of the molecule is C[NH+]1[C@@H]2CC[C@H]1CC(OC(=O)CC[NH+]1CCCCC1)C2. The van der Waals surface area contributed by atoms with Gasteiger partial charge in [0.2, 0.25) is 0 Å². The van der Waals surface area contributed by atoms with Crippen LogP contribution in [0, 0.1) is 0 Å². The van der Waals surface area contributed by atoms with Crippen molar-refractivity contribution >= 4 is 5.97 Å². The lowest BCUT2D eigenvalue weighted by Gasteiger charge is -2.33. The number of hydrogen-bond donors (Lipinski definition) is 2. The Hall–Kier alpha value is -0.610. The third kappa shape index (κ3) is 3.34. The molecule has 0 saturated carbocycles. The standard InChI is InChI=1S/C16H28N2O2/c1-17-13-5-6-14(17)12-15(11-13)20-16(19)7-10-18-8-3-2-4-9-18/h13-15H,2-12H2,1H3/p+2/t13-,14+,15?. The molecule has 0 aromatic rings. The van der Waals surface area contributed by atoms with Gasteiger partial charge in [-0.05, 0) is 19.3 Å². The molecule has 3 rings (SSSR count). The van der Waals surface area contributed by atoms with Gasteiger partial charge in [0, 0.05) is 25.7 Å². The van der Waals surface area contributed by atoms with Crippen molar-refractivity contribution in [1.82, 2.24) is 0 Å². The van der Waals surface area contributed by atoms with Gasteiger partial charge in [0.25, 0.3) is 0 Å². The van der Waals surface area contributed by atoms with Crippen molar-refractivity contribution in [2.24, 2.45) is 0 Å². The van der Waals surface area contributed by atoms with Crippen LogP contribution in [0.15, 0.2) is 0 Å². The van der Waals surface area contributed by atoms with Gasteiger partial charge in [0.1, 0.15) is 6.10 Å². The van der Waals surface area contributed by atoms with Crippen LogP contribution in [0.25, 0.3) is 0 Å². The van der Waals surface area contributed by atoms with Gasteiger partial charge in [-0.2, -0.15) is 0 Å². The lowest BCUT2D eigenvalue weighted by Crippen LogP contribution is -3.15. The molecule has 4 atom stereocenters. The second-order valence-electron chi connectivity index (χ2n) is 7.11. The van der Waals surface area contributed by atoms with E-state index < -0.39 is 0 Å². The Morgan fingerprint density at radius 3 is 2.40 bits per heavy atom. The zero-order chi connectivity index (χ0) is 13.9. The van der Waals surface area contributed by atoms with Crippen LogP contribution in [0.5, 0.6) is 0 Å². The summed E-state index contributed by atoms with van der Waals surface area (Å²) >= 11 is 0. The molecule has 114 valence electrons. The normalized spacial score (nSPS) is 37.9. The Morgan fingerprint density at radius 1 is 1.10 bits per heavy atom. The second-order valence-corrected chi connectivity index (χ2v) is 7.11. The monoisotopic (exact) mass is 282 g/mol. The summed E-state index contributed by atoms with van der Waals surface area (Å²) in [5.74, 6) is 0.0482. The van der Waals surface area contributed by atoms with Gasteiger partial charge in [0.05, 0.1) is 45.2 Å². The molecule has 0 aliphatic carbocycles. The maximum Gasteiger partial charge on any atom is 0.311 e. The van der Waals surface area contributed by atoms with E-state index in [0.717, 1.165) is 31.5 Å². The van der Waals surface area contributed by atoms with Crippen molar-refractivity contribution in [2.75, 3.05) is 26.7 Å². The van der Waals surface area contributed by atoms with E-state index in [4.69, 9.17) is 4.74 Å². The summed E-state index contributed by atoms with van der Waals surface area (Å²) in [6.07, 6.45) is 9.66. The Bertz CT molecular complexity index is 327. The molecule has 0 aromatic heterocycles. The number of likely N-dealkylation sites (tertiary alicyclic amines) is 1. The summed E-state index contributed by atoms with van der Waals surface area (Å²) in [5, 5.41) is 0. The van der Waals surface area contributed by atoms with Crippen molar-refractivity contribution in [3.8, 4) is 0 Å². The maximum absolute atomic E-state index is 12.0. The number of esters is 1. The van der Waals surface area contributed by atoms with E-state index in [1.807, 2.05) is 0 Å². The fourth-order valence-electron chi connectivity index (χ4n) is 4.45. The fraction of sp³-hybridized carbons (Fsp3) is 0.938. The van der Waals surface area contributed by atoms with E-state index in [0.29, 0.717) is 6.42 Å². The van der Waals surface area contributed by atoms with Crippen molar-refractivity contribution in [2.45, 2.75) is 69.6 Å². The lowest BCUT2D eigenvalue weighted by molar-refractivity contribution is -0.923. The number of hydrogen-bond acceptors (Lipinski definition) is 2. The maximum atomic E-state index is 12.0. The molecule has 0 spiro atoms. The number of quaternary nitrogens is 2. The van der Waals surface area contributed by atoms with Crippen LogP contribution in [-0.2, 0) is 9.53 Å². The van der Waals surface area contributed by atoms with Crippen molar-refractivity contribution in [3.05, 3.63) is 0 Å².